The highest BCUT2D eigenvalue weighted by molar-refractivity contribution is 6.42. The minimum atomic E-state index is -0.918. The Hall–Kier alpha value is -2.98. The number of ether oxygens (including phenoxy) is 1. The molecule has 1 aliphatic heterocycles. The molecule has 4 amide bonds. The fraction of sp³-hybridized carbons (Fsp3) is 0.0500. The molecule has 2 aromatic carbocycles. The van der Waals surface area contributed by atoms with Crippen LogP contribution in [0.5, 0.6) is 5.75 Å². The number of anilines is 1. The van der Waals surface area contributed by atoms with Crippen molar-refractivity contribution in [3.8, 4) is 18.1 Å². The van der Waals surface area contributed by atoms with Crippen molar-refractivity contribution in [2.45, 2.75) is 0 Å². The van der Waals surface area contributed by atoms with E-state index in [2.05, 4.69) is 11.2 Å². The van der Waals surface area contributed by atoms with Crippen LogP contribution < -0.4 is 15.0 Å². The molecule has 9 heteroatoms. The van der Waals surface area contributed by atoms with Gasteiger partial charge < -0.3 is 4.74 Å². The van der Waals surface area contributed by atoms with E-state index in [0.717, 1.165) is 4.90 Å². The molecule has 0 spiro atoms. The van der Waals surface area contributed by atoms with Gasteiger partial charge in [0.2, 0.25) is 0 Å². The zero-order valence-corrected chi connectivity index (χ0v) is 16.8. The van der Waals surface area contributed by atoms with Gasteiger partial charge in [-0.3, -0.25) is 14.9 Å². The number of halogens is 3. The van der Waals surface area contributed by atoms with Gasteiger partial charge in [-0.25, -0.2) is 9.69 Å². The number of carbonyl (C=O) groups is 3. The summed E-state index contributed by atoms with van der Waals surface area (Å²) in [6.45, 7) is -0.0953. The van der Waals surface area contributed by atoms with E-state index in [4.69, 9.17) is 46.0 Å². The van der Waals surface area contributed by atoms with Gasteiger partial charge in [-0.05, 0) is 30.3 Å². The number of urea groups is 1. The Morgan fingerprint density at radius 3 is 2.52 bits per heavy atom. The molecule has 6 nitrogen and oxygen atoms in total. The molecule has 29 heavy (non-hydrogen) atoms. The quantitative estimate of drug-likeness (QED) is 0.428. The summed E-state index contributed by atoms with van der Waals surface area (Å²) in [5.74, 6) is 0.684. The van der Waals surface area contributed by atoms with Crippen molar-refractivity contribution in [3.05, 3.63) is 62.6 Å². The van der Waals surface area contributed by atoms with Crippen LogP contribution in [0.15, 0.2) is 42.0 Å². The normalized spacial score (nSPS) is 15.3. The molecule has 1 N–H and O–H groups in total. The van der Waals surface area contributed by atoms with E-state index in [1.54, 1.807) is 12.1 Å². The van der Waals surface area contributed by atoms with Gasteiger partial charge in [0.1, 0.15) is 17.9 Å². The highest BCUT2D eigenvalue weighted by Crippen LogP contribution is 2.35. The summed E-state index contributed by atoms with van der Waals surface area (Å²) in [4.78, 5) is 38.4. The van der Waals surface area contributed by atoms with Crippen LogP contribution in [0.3, 0.4) is 0 Å². The molecule has 3 rings (SSSR count). The lowest BCUT2D eigenvalue weighted by molar-refractivity contribution is -0.122. The summed E-state index contributed by atoms with van der Waals surface area (Å²) in [6, 6.07) is 8.19. The molecule has 1 fully saturated rings. The van der Waals surface area contributed by atoms with Crippen LogP contribution in [0.4, 0.5) is 10.5 Å². The summed E-state index contributed by atoms with van der Waals surface area (Å²) in [6.07, 6.45) is 6.43. The average Bonchev–Trinajstić information content (AvgIpc) is 2.65. The number of nitrogens with zero attached hydrogens (tertiary/aromatic N) is 1. The number of hydrogen-bond acceptors (Lipinski definition) is 4. The van der Waals surface area contributed by atoms with Crippen molar-refractivity contribution in [1.29, 1.82) is 0 Å². The number of hydrogen-bond donors (Lipinski definition) is 1. The predicted octanol–water partition coefficient (Wildman–Crippen LogP) is 4.33. The monoisotopic (exact) mass is 448 g/mol. The number of barbiturate groups is 1. The SMILES string of the molecule is C#CCOc1c(Cl)cc(Cl)cc1/C=C1\C(=O)NC(=O)N(c2ccccc2Cl)C1=O. The van der Waals surface area contributed by atoms with Crippen molar-refractivity contribution >= 4 is 64.4 Å². The minimum Gasteiger partial charge on any atom is -0.479 e. The van der Waals surface area contributed by atoms with E-state index >= 15 is 0 Å². The van der Waals surface area contributed by atoms with Gasteiger partial charge in [-0.1, -0.05) is 52.9 Å². The first-order valence-corrected chi connectivity index (χ1v) is 9.18. The van der Waals surface area contributed by atoms with Gasteiger partial charge in [0.25, 0.3) is 11.8 Å². The van der Waals surface area contributed by atoms with Crippen LogP contribution in [-0.2, 0) is 9.59 Å². The summed E-state index contributed by atoms with van der Waals surface area (Å²) >= 11 is 18.3. The molecule has 2 aromatic rings. The van der Waals surface area contributed by atoms with Crippen LogP contribution in [0, 0.1) is 12.3 Å². The zero-order chi connectivity index (χ0) is 21.1. The number of imide groups is 2. The first-order chi connectivity index (χ1) is 13.8. The molecular formula is C20H11Cl3N2O4. The molecule has 1 aliphatic rings. The van der Waals surface area contributed by atoms with Crippen molar-refractivity contribution in [1.82, 2.24) is 5.32 Å². The third-order valence-electron chi connectivity index (χ3n) is 3.83. The average molecular weight is 450 g/mol. The second-order valence-electron chi connectivity index (χ2n) is 5.71. The largest absolute Gasteiger partial charge is 0.479 e. The van der Waals surface area contributed by atoms with Crippen molar-refractivity contribution in [2.24, 2.45) is 0 Å². The maximum absolute atomic E-state index is 13.0. The Morgan fingerprint density at radius 2 is 1.83 bits per heavy atom. The number of amides is 4. The summed E-state index contributed by atoms with van der Waals surface area (Å²) in [5.41, 5.74) is 0.0288. The van der Waals surface area contributed by atoms with Gasteiger partial charge in [0, 0.05) is 10.6 Å². The smallest absolute Gasteiger partial charge is 0.335 e. The molecule has 1 saturated heterocycles. The van der Waals surface area contributed by atoms with Crippen molar-refractivity contribution < 1.29 is 19.1 Å². The molecule has 1 heterocycles. The highest BCUT2D eigenvalue weighted by Gasteiger charge is 2.37. The zero-order valence-electron chi connectivity index (χ0n) is 14.5. The number of nitrogens with one attached hydrogen (secondary N) is 1. The fourth-order valence-corrected chi connectivity index (χ4v) is 3.40. The standard InChI is InChI=1S/C20H11Cl3N2O4/c1-2-7-29-17-11(8-12(21)10-15(17)23)9-13-18(26)24-20(28)25(19(13)27)16-6-4-3-5-14(16)22/h1,3-6,8-10H,7H2,(H,24,26,28)/b13-9+. The number of benzene rings is 2. The number of carbonyl (C=O) groups excluding carboxylic acids is 3. The molecule has 0 aliphatic carbocycles. The van der Waals surface area contributed by atoms with Crippen molar-refractivity contribution in [3.63, 3.8) is 0 Å². The second kappa shape index (κ2) is 8.58. The minimum absolute atomic E-state index is 0.0953. The lowest BCUT2D eigenvalue weighted by Crippen LogP contribution is -2.54. The van der Waals surface area contributed by atoms with E-state index in [9.17, 15) is 14.4 Å². The lowest BCUT2D eigenvalue weighted by atomic mass is 10.1. The van der Waals surface area contributed by atoms with E-state index in [1.165, 1.54) is 30.3 Å². The Balaban J connectivity index is 2.11. The van der Waals surface area contributed by atoms with E-state index in [1.807, 2.05) is 0 Å². The first kappa shape index (κ1) is 20.7. The topological polar surface area (TPSA) is 75.7 Å². The van der Waals surface area contributed by atoms with E-state index < -0.39 is 17.8 Å². The second-order valence-corrected chi connectivity index (χ2v) is 6.96. The van der Waals surface area contributed by atoms with Crippen molar-refractivity contribution in [2.75, 3.05) is 11.5 Å². The van der Waals surface area contributed by atoms with E-state index in [-0.39, 0.29) is 44.2 Å². The van der Waals surface area contributed by atoms with Crippen LogP contribution in [0.1, 0.15) is 5.56 Å². The maximum Gasteiger partial charge on any atom is 0.335 e. The Bertz CT molecular complexity index is 1110. The molecule has 0 saturated carbocycles. The van der Waals surface area contributed by atoms with Gasteiger partial charge in [-0.15, -0.1) is 6.42 Å². The van der Waals surface area contributed by atoms with Crippen LogP contribution in [-0.4, -0.2) is 24.5 Å². The number of para-hydroxylation sites is 1. The highest BCUT2D eigenvalue weighted by atomic mass is 35.5. The molecule has 0 radical (unpaired) electrons. The molecule has 0 bridgehead atoms. The van der Waals surface area contributed by atoms with Gasteiger partial charge in [-0.2, -0.15) is 0 Å². The van der Waals surface area contributed by atoms with Gasteiger partial charge in [0.05, 0.1) is 15.7 Å². The number of terminal acetylenes is 1. The molecule has 0 unspecified atom stereocenters. The number of rotatable bonds is 4. The summed E-state index contributed by atoms with van der Waals surface area (Å²) in [5, 5.41) is 2.66. The summed E-state index contributed by atoms with van der Waals surface area (Å²) in [7, 11) is 0. The Kier molecular flexibility index (Phi) is 6.14. The van der Waals surface area contributed by atoms with Crippen LogP contribution in [0.2, 0.25) is 15.1 Å². The lowest BCUT2D eigenvalue weighted by Gasteiger charge is -2.27. The van der Waals surface area contributed by atoms with E-state index in [0.29, 0.717) is 0 Å². The fourth-order valence-electron chi connectivity index (χ4n) is 2.62. The van der Waals surface area contributed by atoms with Crippen LogP contribution >= 0.6 is 34.8 Å². The van der Waals surface area contributed by atoms with Gasteiger partial charge in [0.15, 0.2) is 0 Å². The predicted molar refractivity (Wildman–Crippen MR) is 111 cm³/mol. The Morgan fingerprint density at radius 1 is 1.10 bits per heavy atom. The third-order valence-corrected chi connectivity index (χ3v) is 4.65. The maximum atomic E-state index is 13.0. The third kappa shape index (κ3) is 4.22. The first-order valence-electron chi connectivity index (χ1n) is 8.04. The molecule has 0 aromatic heterocycles. The molecule has 146 valence electrons. The molecule has 0 atom stereocenters. The van der Waals surface area contributed by atoms with Crippen LogP contribution in [0.25, 0.3) is 6.08 Å². The van der Waals surface area contributed by atoms with Gasteiger partial charge >= 0.3 is 6.03 Å². The Labute approximate surface area is 181 Å². The molecular weight excluding hydrogens is 439 g/mol. The summed E-state index contributed by atoms with van der Waals surface area (Å²) < 4.78 is 5.42.